The SMILES string of the molecule is CC(=O)N1CCNC(C)(C)CC1. The van der Waals surface area contributed by atoms with Crippen LogP contribution < -0.4 is 5.32 Å². The summed E-state index contributed by atoms with van der Waals surface area (Å²) in [5, 5.41) is 3.41. The van der Waals surface area contributed by atoms with E-state index in [0.29, 0.717) is 0 Å². The van der Waals surface area contributed by atoms with Crippen molar-refractivity contribution in [2.45, 2.75) is 32.7 Å². The Morgan fingerprint density at radius 2 is 2.08 bits per heavy atom. The third kappa shape index (κ3) is 2.48. The van der Waals surface area contributed by atoms with E-state index in [1.807, 2.05) is 4.90 Å². The van der Waals surface area contributed by atoms with Gasteiger partial charge in [-0.3, -0.25) is 4.79 Å². The van der Waals surface area contributed by atoms with Crippen LogP contribution >= 0.6 is 0 Å². The van der Waals surface area contributed by atoms with Crippen LogP contribution in [-0.2, 0) is 4.79 Å². The summed E-state index contributed by atoms with van der Waals surface area (Å²) < 4.78 is 0. The van der Waals surface area contributed by atoms with E-state index in [0.717, 1.165) is 26.1 Å². The van der Waals surface area contributed by atoms with Gasteiger partial charge in [-0.2, -0.15) is 0 Å². The largest absolute Gasteiger partial charge is 0.342 e. The van der Waals surface area contributed by atoms with Gasteiger partial charge in [0.1, 0.15) is 0 Å². The highest BCUT2D eigenvalue weighted by Crippen LogP contribution is 2.12. The second-order valence-corrected chi connectivity index (χ2v) is 4.07. The van der Waals surface area contributed by atoms with E-state index in [2.05, 4.69) is 19.2 Å². The normalized spacial score (nSPS) is 23.4. The quantitative estimate of drug-likeness (QED) is 0.577. The average molecular weight is 170 g/mol. The number of nitrogens with one attached hydrogen (secondary N) is 1. The van der Waals surface area contributed by atoms with E-state index >= 15 is 0 Å². The van der Waals surface area contributed by atoms with Gasteiger partial charge < -0.3 is 10.2 Å². The van der Waals surface area contributed by atoms with E-state index in [-0.39, 0.29) is 11.4 Å². The van der Waals surface area contributed by atoms with E-state index in [1.54, 1.807) is 6.92 Å². The zero-order valence-corrected chi connectivity index (χ0v) is 8.18. The second-order valence-electron chi connectivity index (χ2n) is 4.07. The molecule has 0 atom stereocenters. The molecule has 1 aliphatic rings. The van der Waals surface area contributed by atoms with Crippen LogP contribution in [0.4, 0.5) is 0 Å². The molecule has 0 aliphatic carbocycles. The van der Waals surface area contributed by atoms with Gasteiger partial charge in [0.2, 0.25) is 5.91 Å². The topological polar surface area (TPSA) is 32.3 Å². The molecule has 1 aliphatic heterocycles. The maximum Gasteiger partial charge on any atom is 0.219 e. The average Bonchev–Trinajstić information content (AvgIpc) is 2.10. The predicted molar refractivity (Wildman–Crippen MR) is 49.0 cm³/mol. The van der Waals surface area contributed by atoms with Crippen LogP contribution in [0.3, 0.4) is 0 Å². The Labute approximate surface area is 74.1 Å². The number of carbonyl (C=O) groups excluding carboxylic acids is 1. The summed E-state index contributed by atoms with van der Waals surface area (Å²) in [6.07, 6.45) is 1.03. The molecule has 0 spiro atoms. The van der Waals surface area contributed by atoms with Gasteiger partial charge in [-0.15, -0.1) is 0 Å². The molecule has 70 valence electrons. The van der Waals surface area contributed by atoms with Gasteiger partial charge in [-0.1, -0.05) is 0 Å². The maximum atomic E-state index is 11.1. The van der Waals surface area contributed by atoms with Crippen molar-refractivity contribution in [1.29, 1.82) is 0 Å². The van der Waals surface area contributed by atoms with Crippen LogP contribution in [0.15, 0.2) is 0 Å². The smallest absolute Gasteiger partial charge is 0.219 e. The molecule has 12 heavy (non-hydrogen) atoms. The fourth-order valence-corrected chi connectivity index (χ4v) is 1.46. The third-order valence-electron chi connectivity index (χ3n) is 2.44. The van der Waals surface area contributed by atoms with Gasteiger partial charge in [0, 0.05) is 32.1 Å². The minimum atomic E-state index is 0.185. The highest BCUT2D eigenvalue weighted by Gasteiger charge is 2.22. The first-order valence-electron chi connectivity index (χ1n) is 4.52. The molecular formula is C9H18N2O. The first kappa shape index (κ1) is 9.52. The zero-order chi connectivity index (χ0) is 9.19. The molecule has 0 saturated carbocycles. The van der Waals surface area contributed by atoms with Crippen molar-refractivity contribution in [1.82, 2.24) is 10.2 Å². The van der Waals surface area contributed by atoms with Gasteiger partial charge in [0.15, 0.2) is 0 Å². The van der Waals surface area contributed by atoms with Crippen molar-refractivity contribution < 1.29 is 4.79 Å². The van der Waals surface area contributed by atoms with Gasteiger partial charge in [-0.05, 0) is 20.3 Å². The minimum Gasteiger partial charge on any atom is -0.342 e. The van der Waals surface area contributed by atoms with Crippen molar-refractivity contribution in [3.8, 4) is 0 Å². The number of amides is 1. The summed E-state index contributed by atoms with van der Waals surface area (Å²) in [5.74, 6) is 0.189. The molecule has 0 aromatic heterocycles. The van der Waals surface area contributed by atoms with Gasteiger partial charge in [0.25, 0.3) is 0 Å². The van der Waals surface area contributed by atoms with E-state index in [9.17, 15) is 4.79 Å². The van der Waals surface area contributed by atoms with Crippen LogP contribution in [-0.4, -0.2) is 36.0 Å². The molecule has 1 N–H and O–H groups in total. The Kier molecular flexibility index (Phi) is 2.73. The number of nitrogens with zero attached hydrogens (tertiary/aromatic N) is 1. The third-order valence-corrected chi connectivity index (χ3v) is 2.44. The number of hydrogen-bond donors (Lipinski definition) is 1. The first-order valence-corrected chi connectivity index (χ1v) is 4.52. The van der Waals surface area contributed by atoms with E-state index in [4.69, 9.17) is 0 Å². The summed E-state index contributed by atoms with van der Waals surface area (Å²) in [5.41, 5.74) is 0.185. The van der Waals surface area contributed by atoms with Crippen LogP contribution in [0.1, 0.15) is 27.2 Å². The highest BCUT2D eigenvalue weighted by atomic mass is 16.2. The van der Waals surface area contributed by atoms with Crippen molar-refractivity contribution >= 4 is 5.91 Å². The van der Waals surface area contributed by atoms with Crippen LogP contribution in [0.25, 0.3) is 0 Å². The summed E-state index contributed by atoms with van der Waals surface area (Å²) in [6.45, 7) is 8.63. The van der Waals surface area contributed by atoms with Crippen molar-refractivity contribution in [2.75, 3.05) is 19.6 Å². The molecular weight excluding hydrogens is 152 g/mol. The molecule has 0 aromatic carbocycles. The summed E-state index contributed by atoms with van der Waals surface area (Å²) in [4.78, 5) is 13.0. The summed E-state index contributed by atoms with van der Waals surface area (Å²) in [6, 6.07) is 0. The lowest BCUT2D eigenvalue weighted by atomic mass is 10.0. The zero-order valence-electron chi connectivity index (χ0n) is 8.18. The molecule has 0 radical (unpaired) electrons. The molecule has 3 nitrogen and oxygen atoms in total. The molecule has 0 unspecified atom stereocenters. The first-order chi connectivity index (χ1) is 5.51. The Bertz CT molecular complexity index is 177. The minimum absolute atomic E-state index is 0.185. The Morgan fingerprint density at radius 1 is 1.42 bits per heavy atom. The molecule has 0 bridgehead atoms. The summed E-state index contributed by atoms with van der Waals surface area (Å²) in [7, 11) is 0. The fraction of sp³-hybridized carbons (Fsp3) is 0.889. The second kappa shape index (κ2) is 3.44. The fourth-order valence-electron chi connectivity index (χ4n) is 1.46. The number of rotatable bonds is 0. The summed E-state index contributed by atoms with van der Waals surface area (Å²) >= 11 is 0. The van der Waals surface area contributed by atoms with Gasteiger partial charge >= 0.3 is 0 Å². The molecule has 1 fully saturated rings. The maximum absolute atomic E-state index is 11.1. The van der Waals surface area contributed by atoms with E-state index < -0.39 is 0 Å². The Hall–Kier alpha value is -0.570. The molecule has 1 amide bonds. The van der Waals surface area contributed by atoms with Gasteiger partial charge in [0.05, 0.1) is 0 Å². The molecule has 1 heterocycles. The van der Waals surface area contributed by atoms with Crippen LogP contribution in [0.5, 0.6) is 0 Å². The molecule has 1 rings (SSSR count). The highest BCUT2D eigenvalue weighted by molar-refractivity contribution is 5.73. The molecule has 0 aromatic rings. The lowest BCUT2D eigenvalue weighted by Crippen LogP contribution is -2.39. The van der Waals surface area contributed by atoms with Crippen molar-refractivity contribution in [3.63, 3.8) is 0 Å². The van der Waals surface area contributed by atoms with Crippen LogP contribution in [0, 0.1) is 0 Å². The predicted octanol–water partition coefficient (Wildman–Crippen LogP) is 0.607. The number of carbonyl (C=O) groups is 1. The van der Waals surface area contributed by atoms with E-state index in [1.165, 1.54) is 0 Å². The van der Waals surface area contributed by atoms with Crippen LogP contribution in [0.2, 0.25) is 0 Å². The molecule has 3 heteroatoms. The van der Waals surface area contributed by atoms with Gasteiger partial charge in [-0.25, -0.2) is 0 Å². The standard InChI is InChI=1S/C9H18N2O/c1-8(12)11-6-4-9(2,3)10-5-7-11/h10H,4-7H2,1-3H3. The monoisotopic (exact) mass is 170 g/mol. The lowest BCUT2D eigenvalue weighted by Gasteiger charge is -2.23. The van der Waals surface area contributed by atoms with Crippen molar-refractivity contribution in [2.24, 2.45) is 0 Å². The molecule has 1 saturated heterocycles. The van der Waals surface area contributed by atoms with Crippen molar-refractivity contribution in [3.05, 3.63) is 0 Å². The Morgan fingerprint density at radius 3 is 2.67 bits per heavy atom. The number of hydrogen-bond acceptors (Lipinski definition) is 2. The lowest BCUT2D eigenvalue weighted by molar-refractivity contribution is -0.128. The Balaban J connectivity index is 2.50.